The number of hydrogen-bond donors (Lipinski definition) is 2. The molecule has 0 spiro atoms. The van der Waals surface area contributed by atoms with E-state index >= 15 is 0 Å². The summed E-state index contributed by atoms with van der Waals surface area (Å²) >= 11 is 6.41. The van der Waals surface area contributed by atoms with Crippen molar-refractivity contribution in [3.05, 3.63) is 75.6 Å². The SMILES string of the molecule is Cc1ccc(Cn2nc(C)c(C(=O)Nc3ccc(C)cc3O)c2Cl)cc1. The van der Waals surface area contributed by atoms with Crippen LogP contribution in [-0.2, 0) is 6.54 Å². The standard InChI is InChI=1S/C20H20ClN3O2/c1-12-4-7-15(8-5-12)11-24-19(21)18(14(3)23-24)20(26)22-16-9-6-13(2)10-17(16)25/h4-10,25H,11H2,1-3H3,(H,22,26). The van der Waals surface area contributed by atoms with Gasteiger partial charge in [-0.1, -0.05) is 47.5 Å². The Hall–Kier alpha value is -2.79. The Morgan fingerprint density at radius 1 is 1.12 bits per heavy atom. The van der Waals surface area contributed by atoms with E-state index in [4.69, 9.17) is 11.6 Å². The molecule has 0 saturated carbocycles. The fourth-order valence-corrected chi connectivity index (χ4v) is 3.03. The Balaban J connectivity index is 1.84. The van der Waals surface area contributed by atoms with Crippen molar-refractivity contribution in [1.82, 2.24) is 9.78 Å². The Kier molecular flexibility index (Phi) is 5.00. The van der Waals surface area contributed by atoms with Gasteiger partial charge in [0, 0.05) is 0 Å². The van der Waals surface area contributed by atoms with Crippen molar-refractivity contribution >= 4 is 23.2 Å². The van der Waals surface area contributed by atoms with Gasteiger partial charge in [-0.05, 0) is 44.0 Å². The lowest BCUT2D eigenvalue weighted by Gasteiger charge is -2.08. The van der Waals surface area contributed by atoms with Crippen LogP contribution in [0.5, 0.6) is 5.75 Å². The maximum atomic E-state index is 12.6. The molecule has 0 saturated heterocycles. The monoisotopic (exact) mass is 369 g/mol. The first-order valence-corrected chi connectivity index (χ1v) is 8.62. The summed E-state index contributed by atoms with van der Waals surface area (Å²) in [6, 6.07) is 13.1. The van der Waals surface area contributed by atoms with Crippen molar-refractivity contribution < 1.29 is 9.90 Å². The van der Waals surface area contributed by atoms with Crippen LogP contribution in [0.15, 0.2) is 42.5 Å². The van der Waals surface area contributed by atoms with E-state index in [-0.39, 0.29) is 10.9 Å². The van der Waals surface area contributed by atoms with Crippen LogP contribution in [0.4, 0.5) is 5.69 Å². The molecule has 1 heterocycles. The minimum absolute atomic E-state index is 0.0131. The number of benzene rings is 2. The molecular formula is C20H20ClN3O2. The molecule has 0 aliphatic rings. The predicted octanol–water partition coefficient (Wildman–Crippen LogP) is 4.47. The highest BCUT2D eigenvalue weighted by molar-refractivity contribution is 6.33. The average Bonchev–Trinajstić information content (AvgIpc) is 2.86. The molecule has 0 atom stereocenters. The largest absolute Gasteiger partial charge is 0.506 e. The van der Waals surface area contributed by atoms with Gasteiger partial charge in [-0.25, -0.2) is 4.68 Å². The number of amides is 1. The highest BCUT2D eigenvalue weighted by Crippen LogP contribution is 2.27. The highest BCUT2D eigenvalue weighted by atomic mass is 35.5. The van der Waals surface area contributed by atoms with Gasteiger partial charge in [-0.3, -0.25) is 4.79 Å². The molecular weight excluding hydrogens is 350 g/mol. The van der Waals surface area contributed by atoms with E-state index in [1.165, 1.54) is 5.56 Å². The third-order valence-electron chi connectivity index (χ3n) is 4.15. The molecule has 0 aliphatic heterocycles. The molecule has 134 valence electrons. The van der Waals surface area contributed by atoms with Gasteiger partial charge < -0.3 is 10.4 Å². The minimum Gasteiger partial charge on any atom is -0.506 e. The van der Waals surface area contributed by atoms with Crippen LogP contribution < -0.4 is 5.32 Å². The van der Waals surface area contributed by atoms with Crippen molar-refractivity contribution in [2.24, 2.45) is 0 Å². The number of aromatic nitrogens is 2. The molecule has 3 aromatic rings. The molecule has 26 heavy (non-hydrogen) atoms. The van der Waals surface area contributed by atoms with Gasteiger partial charge in [0.05, 0.1) is 23.5 Å². The van der Waals surface area contributed by atoms with Crippen molar-refractivity contribution in [2.75, 3.05) is 5.32 Å². The van der Waals surface area contributed by atoms with E-state index in [9.17, 15) is 9.90 Å². The molecule has 0 aliphatic carbocycles. The summed E-state index contributed by atoms with van der Waals surface area (Å²) in [6.07, 6.45) is 0. The van der Waals surface area contributed by atoms with Gasteiger partial charge in [0.25, 0.3) is 5.91 Å². The number of phenolic OH excluding ortho intramolecular Hbond substituents is 1. The van der Waals surface area contributed by atoms with Crippen molar-refractivity contribution in [3.8, 4) is 5.75 Å². The van der Waals surface area contributed by atoms with Gasteiger partial charge in [0.2, 0.25) is 0 Å². The number of aryl methyl sites for hydroxylation is 3. The summed E-state index contributed by atoms with van der Waals surface area (Å²) in [7, 11) is 0. The van der Waals surface area contributed by atoms with E-state index in [2.05, 4.69) is 10.4 Å². The highest BCUT2D eigenvalue weighted by Gasteiger charge is 2.21. The third-order valence-corrected chi connectivity index (χ3v) is 4.53. The maximum Gasteiger partial charge on any atom is 0.260 e. The minimum atomic E-state index is -0.401. The van der Waals surface area contributed by atoms with Crippen LogP contribution in [0.1, 0.15) is 32.7 Å². The van der Waals surface area contributed by atoms with Gasteiger partial charge >= 0.3 is 0 Å². The zero-order valence-corrected chi connectivity index (χ0v) is 15.6. The summed E-state index contributed by atoms with van der Waals surface area (Å²) in [5.41, 5.74) is 4.30. The molecule has 0 bridgehead atoms. The predicted molar refractivity (Wildman–Crippen MR) is 103 cm³/mol. The number of nitrogens with zero attached hydrogens (tertiary/aromatic N) is 2. The summed E-state index contributed by atoms with van der Waals surface area (Å²) in [6.45, 7) is 6.10. The van der Waals surface area contributed by atoms with Gasteiger partial charge in [0.1, 0.15) is 10.9 Å². The Morgan fingerprint density at radius 3 is 2.42 bits per heavy atom. The second-order valence-electron chi connectivity index (χ2n) is 6.37. The molecule has 5 nitrogen and oxygen atoms in total. The number of halogens is 1. The number of carbonyl (C=O) groups excluding carboxylic acids is 1. The zero-order valence-electron chi connectivity index (χ0n) is 14.9. The van der Waals surface area contributed by atoms with Gasteiger partial charge in [0.15, 0.2) is 0 Å². The lowest BCUT2D eigenvalue weighted by molar-refractivity contribution is 0.102. The van der Waals surface area contributed by atoms with Crippen LogP contribution in [0.3, 0.4) is 0 Å². The Labute approximate surface area is 157 Å². The normalized spacial score (nSPS) is 10.8. The topological polar surface area (TPSA) is 67.2 Å². The third kappa shape index (κ3) is 3.73. The first-order valence-electron chi connectivity index (χ1n) is 8.24. The maximum absolute atomic E-state index is 12.6. The van der Waals surface area contributed by atoms with E-state index in [0.717, 1.165) is 11.1 Å². The van der Waals surface area contributed by atoms with Crippen LogP contribution in [0.2, 0.25) is 5.15 Å². The van der Waals surface area contributed by atoms with Crippen molar-refractivity contribution in [1.29, 1.82) is 0 Å². The second-order valence-corrected chi connectivity index (χ2v) is 6.73. The quantitative estimate of drug-likeness (QED) is 0.667. The van der Waals surface area contributed by atoms with Crippen molar-refractivity contribution in [3.63, 3.8) is 0 Å². The number of aromatic hydroxyl groups is 1. The second kappa shape index (κ2) is 7.22. The van der Waals surface area contributed by atoms with Crippen LogP contribution in [0, 0.1) is 20.8 Å². The smallest absolute Gasteiger partial charge is 0.260 e. The molecule has 2 aromatic carbocycles. The Morgan fingerprint density at radius 2 is 1.77 bits per heavy atom. The molecule has 3 rings (SSSR count). The lowest BCUT2D eigenvalue weighted by Crippen LogP contribution is -2.13. The number of anilines is 1. The molecule has 0 fully saturated rings. The molecule has 0 radical (unpaired) electrons. The summed E-state index contributed by atoms with van der Waals surface area (Å²) in [5.74, 6) is -0.388. The van der Waals surface area contributed by atoms with E-state index in [1.54, 1.807) is 23.7 Å². The van der Waals surface area contributed by atoms with Gasteiger partial charge in [-0.2, -0.15) is 5.10 Å². The molecule has 1 aromatic heterocycles. The fraction of sp³-hybridized carbons (Fsp3) is 0.200. The summed E-state index contributed by atoms with van der Waals surface area (Å²) < 4.78 is 1.60. The first-order chi connectivity index (χ1) is 12.3. The van der Waals surface area contributed by atoms with Crippen LogP contribution >= 0.6 is 11.6 Å². The lowest BCUT2D eigenvalue weighted by atomic mass is 10.1. The van der Waals surface area contributed by atoms with E-state index < -0.39 is 5.91 Å². The molecule has 2 N–H and O–H groups in total. The number of rotatable bonds is 4. The first kappa shape index (κ1) is 18.0. The summed E-state index contributed by atoms with van der Waals surface area (Å²) in [5, 5.41) is 17.3. The van der Waals surface area contributed by atoms with Crippen LogP contribution in [-0.4, -0.2) is 20.8 Å². The van der Waals surface area contributed by atoms with Gasteiger partial charge in [-0.15, -0.1) is 0 Å². The number of nitrogens with one attached hydrogen (secondary N) is 1. The average molecular weight is 370 g/mol. The zero-order chi connectivity index (χ0) is 18.8. The fourth-order valence-electron chi connectivity index (χ4n) is 2.71. The molecule has 0 unspecified atom stereocenters. The summed E-state index contributed by atoms with van der Waals surface area (Å²) in [4.78, 5) is 12.6. The number of hydrogen-bond acceptors (Lipinski definition) is 3. The number of phenols is 1. The van der Waals surface area contributed by atoms with E-state index in [0.29, 0.717) is 23.5 Å². The van der Waals surface area contributed by atoms with Crippen molar-refractivity contribution in [2.45, 2.75) is 27.3 Å². The van der Waals surface area contributed by atoms with Crippen LogP contribution in [0.25, 0.3) is 0 Å². The molecule has 6 heteroatoms. The number of carbonyl (C=O) groups is 1. The Bertz CT molecular complexity index is 962. The molecule has 1 amide bonds. The van der Waals surface area contributed by atoms with E-state index in [1.807, 2.05) is 44.2 Å².